The third kappa shape index (κ3) is 3.29. The van der Waals surface area contributed by atoms with Crippen molar-refractivity contribution in [2.24, 2.45) is 0 Å². The van der Waals surface area contributed by atoms with E-state index >= 15 is 0 Å². The third-order valence-corrected chi connectivity index (χ3v) is 5.52. The maximum atomic E-state index is 12.4. The second-order valence-corrected chi connectivity index (χ2v) is 7.49. The molecule has 3 aromatic rings. The van der Waals surface area contributed by atoms with Crippen molar-refractivity contribution in [2.45, 2.75) is 32.4 Å². The van der Waals surface area contributed by atoms with E-state index in [1.54, 1.807) is 11.0 Å². The van der Waals surface area contributed by atoms with Gasteiger partial charge < -0.3 is 14.8 Å². The van der Waals surface area contributed by atoms with Crippen LogP contribution >= 0.6 is 0 Å². The number of hydrogen-bond acceptors (Lipinski definition) is 4. The molecule has 5 rings (SSSR count). The van der Waals surface area contributed by atoms with Crippen LogP contribution in [0.25, 0.3) is 11.4 Å². The summed E-state index contributed by atoms with van der Waals surface area (Å²) in [4.78, 5) is 26.4. The van der Waals surface area contributed by atoms with Gasteiger partial charge in [0.25, 0.3) is 5.91 Å². The molecule has 0 spiro atoms. The van der Waals surface area contributed by atoms with Gasteiger partial charge in [-0.25, -0.2) is 0 Å². The van der Waals surface area contributed by atoms with Crippen molar-refractivity contribution in [3.8, 4) is 11.4 Å². The number of rotatable bonds is 4. The van der Waals surface area contributed by atoms with E-state index in [-0.39, 0.29) is 18.4 Å². The van der Waals surface area contributed by atoms with Gasteiger partial charge in [0.1, 0.15) is 12.4 Å². The van der Waals surface area contributed by atoms with E-state index < -0.39 is 0 Å². The van der Waals surface area contributed by atoms with Crippen LogP contribution in [0.5, 0.6) is 0 Å². The van der Waals surface area contributed by atoms with Gasteiger partial charge in [0.15, 0.2) is 5.82 Å². The lowest BCUT2D eigenvalue weighted by Crippen LogP contribution is -2.33. The summed E-state index contributed by atoms with van der Waals surface area (Å²) in [5, 5.41) is 11.5. The number of nitrogens with one attached hydrogen (secondary N) is 1. The molecule has 7 nitrogen and oxygen atoms in total. The summed E-state index contributed by atoms with van der Waals surface area (Å²) < 4.78 is 2.17. The molecule has 3 heterocycles. The predicted octanol–water partition coefficient (Wildman–Crippen LogP) is 2.88. The zero-order valence-corrected chi connectivity index (χ0v) is 16.0. The van der Waals surface area contributed by atoms with Crippen LogP contribution in [0.2, 0.25) is 0 Å². The van der Waals surface area contributed by atoms with Gasteiger partial charge in [0.2, 0.25) is 5.91 Å². The van der Waals surface area contributed by atoms with Crippen LogP contribution in [0.4, 0.5) is 5.69 Å². The molecule has 2 aliphatic rings. The average Bonchev–Trinajstić information content (AvgIpc) is 3.30. The summed E-state index contributed by atoms with van der Waals surface area (Å²) in [6.07, 6.45) is 3.28. The second-order valence-electron chi connectivity index (χ2n) is 7.49. The van der Waals surface area contributed by atoms with Crippen LogP contribution in [-0.2, 0) is 24.3 Å². The van der Waals surface area contributed by atoms with Gasteiger partial charge in [-0.15, -0.1) is 10.2 Å². The number of aryl methyl sites for hydroxylation is 1. The van der Waals surface area contributed by atoms with Crippen LogP contribution in [0, 0.1) is 0 Å². The summed E-state index contributed by atoms with van der Waals surface area (Å²) >= 11 is 0. The highest BCUT2D eigenvalue weighted by Gasteiger charge is 2.28. The lowest BCUT2D eigenvalue weighted by Gasteiger charge is -2.16. The largest absolute Gasteiger partial charge is 0.325 e. The maximum absolute atomic E-state index is 12.4. The van der Waals surface area contributed by atoms with Crippen LogP contribution < -0.4 is 5.32 Å². The number of benzene rings is 2. The first-order valence-corrected chi connectivity index (χ1v) is 9.88. The molecule has 0 radical (unpaired) electrons. The Morgan fingerprint density at radius 2 is 1.86 bits per heavy atom. The molecular formula is C22H21N5O2. The number of anilines is 1. The van der Waals surface area contributed by atoms with Gasteiger partial charge in [0.05, 0.1) is 0 Å². The number of carbonyl (C=O) groups excluding carboxylic acids is 2. The molecule has 0 saturated carbocycles. The fourth-order valence-corrected chi connectivity index (χ4v) is 4.04. The number of amides is 2. The minimum Gasteiger partial charge on any atom is -0.325 e. The molecule has 0 saturated heterocycles. The summed E-state index contributed by atoms with van der Waals surface area (Å²) in [5.41, 5.74) is 3.32. The van der Waals surface area contributed by atoms with Gasteiger partial charge in [-0.3, -0.25) is 9.59 Å². The van der Waals surface area contributed by atoms with Gasteiger partial charge >= 0.3 is 0 Å². The molecule has 0 bridgehead atoms. The van der Waals surface area contributed by atoms with Gasteiger partial charge in [-0.2, -0.15) is 0 Å². The molecule has 146 valence electrons. The van der Waals surface area contributed by atoms with Crippen molar-refractivity contribution < 1.29 is 9.59 Å². The van der Waals surface area contributed by atoms with Crippen LogP contribution in [0.3, 0.4) is 0 Å². The molecule has 0 aliphatic carbocycles. The van der Waals surface area contributed by atoms with Crippen molar-refractivity contribution in [2.75, 3.05) is 11.9 Å². The first-order valence-electron chi connectivity index (χ1n) is 9.88. The zero-order chi connectivity index (χ0) is 19.8. The van der Waals surface area contributed by atoms with Gasteiger partial charge in [0, 0.05) is 36.3 Å². The summed E-state index contributed by atoms with van der Waals surface area (Å²) in [7, 11) is 0. The quantitative estimate of drug-likeness (QED) is 0.747. The molecule has 0 fully saturated rings. The second kappa shape index (κ2) is 7.16. The average molecular weight is 387 g/mol. The van der Waals surface area contributed by atoms with Crippen LogP contribution in [0.1, 0.15) is 34.6 Å². The molecule has 2 amide bonds. The summed E-state index contributed by atoms with van der Waals surface area (Å²) in [6, 6.07) is 15.1. The Balaban J connectivity index is 1.24. The molecule has 2 aliphatic heterocycles. The Hall–Kier alpha value is -3.48. The molecule has 0 atom stereocenters. The Morgan fingerprint density at radius 1 is 1.03 bits per heavy atom. The highest BCUT2D eigenvalue weighted by atomic mass is 16.2. The first kappa shape index (κ1) is 17.6. The first-order chi connectivity index (χ1) is 14.2. The van der Waals surface area contributed by atoms with Crippen LogP contribution in [0.15, 0.2) is 48.5 Å². The Bertz CT molecular complexity index is 1090. The summed E-state index contributed by atoms with van der Waals surface area (Å²) in [5.74, 6) is 1.61. The summed E-state index contributed by atoms with van der Waals surface area (Å²) in [6.45, 7) is 1.45. The Labute approximate surface area is 168 Å². The SMILES string of the molecule is O=C(CN1Cc2ccccc2C1=O)Nc1ccc(-c2nnc3n2CCCC3)cc1. The number of aromatic nitrogens is 3. The fourth-order valence-electron chi connectivity index (χ4n) is 4.04. The highest BCUT2D eigenvalue weighted by Crippen LogP contribution is 2.25. The predicted molar refractivity (Wildman–Crippen MR) is 108 cm³/mol. The molecule has 0 unspecified atom stereocenters. The molecule has 1 aromatic heterocycles. The Kier molecular flexibility index (Phi) is 4.35. The molecule has 7 heteroatoms. The van der Waals surface area contributed by atoms with Crippen molar-refractivity contribution in [3.63, 3.8) is 0 Å². The fraction of sp³-hybridized carbons (Fsp3) is 0.273. The van der Waals surface area contributed by atoms with E-state index in [2.05, 4.69) is 20.1 Å². The maximum Gasteiger partial charge on any atom is 0.254 e. The smallest absolute Gasteiger partial charge is 0.254 e. The topological polar surface area (TPSA) is 80.1 Å². The van der Waals surface area contributed by atoms with E-state index in [1.807, 2.05) is 42.5 Å². The number of carbonyl (C=O) groups is 2. The zero-order valence-electron chi connectivity index (χ0n) is 16.0. The van der Waals surface area contributed by atoms with Gasteiger partial charge in [-0.05, 0) is 48.7 Å². The van der Waals surface area contributed by atoms with E-state index in [0.717, 1.165) is 48.6 Å². The minimum absolute atomic E-state index is 0.0347. The normalized spacial score (nSPS) is 15.2. The molecule has 29 heavy (non-hydrogen) atoms. The highest BCUT2D eigenvalue weighted by molar-refractivity contribution is 6.02. The third-order valence-electron chi connectivity index (χ3n) is 5.52. The lowest BCUT2D eigenvalue weighted by atomic mass is 10.1. The van der Waals surface area contributed by atoms with Crippen LogP contribution in [-0.4, -0.2) is 38.0 Å². The van der Waals surface area contributed by atoms with E-state index in [9.17, 15) is 9.59 Å². The number of fused-ring (bicyclic) bond motifs is 2. The molecule has 2 aromatic carbocycles. The van der Waals surface area contributed by atoms with Crippen molar-refractivity contribution in [3.05, 3.63) is 65.5 Å². The van der Waals surface area contributed by atoms with Crippen molar-refractivity contribution in [1.82, 2.24) is 19.7 Å². The molecule has 1 N–H and O–H groups in total. The van der Waals surface area contributed by atoms with Gasteiger partial charge in [-0.1, -0.05) is 18.2 Å². The Morgan fingerprint density at radius 3 is 2.69 bits per heavy atom. The number of nitrogens with zero attached hydrogens (tertiary/aromatic N) is 4. The van der Waals surface area contributed by atoms with E-state index in [4.69, 9.17) is 0 Å². The van der Waals surface area contributed by atoms with Crippen molar-refractivity contribution in [1.29, 1.82) is 0 Å². The van der Waals surface area contributed by atoms with E-state index in [1.165, 1.54) is 0 Å². The lowest BCUT2D eigenvalue weighted by molar-refractivity contribution is -0.116. The monoisotopic (exact) mass is 387 g/mol. The standard InChI is InChI=1S/C22H21N5O2/c28-20(14-26-13-16-5-1-2-6-18(16)22(26)29)23-17-10-8-15(9-11-17)21-25-24-19-7-3-4-12-27(19)21/h1-2,5-6,8-11H,3-4,7,12-14H2,(H,23,28). The number of hydrogen-bond donors (Lipinski definition) is 1. The van der Waals surface area contributed by atoms with Crippen molar-refractivity contribution >= 4 is 17.5 Å². The molecular weight excluding hydrogens is 366 g/mol. The van der Waals surface area contributed by atoms with E-state index in [0.29, 0.717) is 17.8 Å². The minimum atomic E-state index is -0.209.